The summed E-state index contributed by atoms with van der Waals surface area (Å²) in [6.07, 6.45) is 0. The van der Waals surface area contributed by atoms with Crippen LogP contribution in [0.15, 0.2) is 22.7 Å². The molecule has 0 bridgehead atoms. The summed E-state index contributed by atoms with van der Waals surface area (Å²) < 4.78 is 18.9. The normalized spacial score (nSPS) is 10.4. The number of carboxylic acid groups (broad SMARTS) is 1. The second-order valence-corrected chi connectivity index (χ2v) is 4.30. The van der Waals surface area contributed by atoms with Gasteiger partial charge in [0, 0.05) is 5.56 Å². The standard InChI is InChI=1S/C11H8BrFN2O3/c1-18-10-6(12)2-5(3-7(10)13)8-4-9(11(16)17)15-14-8/h2-4H,1H3,(H,14,15)(H,16,17). The molecule has 0 spiro atoms. The van der Waals surface area contributed by atoms with Gasteiger partial charge in [0.25, 0.3) is 0 Å². The second-order valence-electron chi connectivity index (χ2n) is 3.45. The molecule has 5 nitrogen and oxygen atoms in total. The van der Waals surface area contributed by atoms with Gasteiger partial charge in [0.05, 0.1) is 17.3 Å². The van der Waals surface area contributed by atoms with Crippen LogP contribution in [-0.2, 0) is 0 Å². The number of nitrogens with one attached hydrogen (secondary N) is 1. The number of H-pyrrole nitrogens is 1. The maximum atomic E-state index is 13.7. The van der Waals surface area contributed by atoms with Crippen molar-refractivity contribution < 1.29 is 19.0 Å². The van der Waals surface area contributed by atoms with E-state index in [1.807, 2.05) is 0 Å². The Hall–Kier alpha value is -1.89. The van der Waals surface area contributed by atoms with E-state index in [2.05, 4.69) is 26.1 Å². The fourth-order valence-corrected chi connectivity index (χ4v) is 2.08. The van der Waals surface area contributed by atoms with Crippen LogP contribution in [0.5, 0.6) is 5.75 Å². The summed E-state index contributed by atoms with van der Waals surface area (Å²) in [5, 5.41) is 14.9. The van der Waals surface area contributed by atoms with E-state index < -0.39 is 11.8 Å². The smallest absolute Gasteiger partial charge is 0.353 e. The van der Waals surface area contributed by atoms with Gasteiger partial charge in [0.15, 0.2) is 11.6 Å². The number of hydrogen-bond acceptors (Lipinski definition) is 3. The summed E-state index contributed by atoms with van der Waals surface area (Å²) >= 11 is 3.17. The van der Waals surface area contributed by atoms with Crippen LogP contribution >= 0.6 is 15.9 Å². The highest BCUT2D eigenvalue weighted by atomic mass is 79.9. The molecule has 0 amide bonds. The number of benzene rings is 1. The molecule has 0 radical (unpaired) electrons. The molecular weight excluding hydrogens is 307 g/mol. The highest BCUT2D eigenvalue weighted by molar-refractivity contribution is 9.10. The molecular formula is C11H8BrFN2O3. The molecule has 7 heteroatoms. The molecule has 0 atom stereocenters. The van der Waals surface area contributed by atoms with Crippen molar-refractivity contribution in [3.8, 4) is 17.0 Å². The first-order valence-electron chi connectivity index (χ1n) is 4.85. The van der Waals surface area contributed by atoms with Gasteiger partial charge in [0.1, 0.15) is 5.69 Å². The quantitative estimate of drug-likeness (QED) is 0.913. The zero-order valence-corrected chi connectivity index (χ0v) is 10.8. The minimum atomic E-state index is -1.12. The number of hydrogen-bond donors (Lipinski definition) is 2. The number of ether oxygens (including phenoxy) is 1. The van der Waals surface area contributed by atoms with Gasteiger partial charge >= 0.3 is 5.97 Å². The summed E-state index contributed by atoms with van der Waals surface area (Å²) in [5.74, 6) is -1.59. The lowest BCUT2D eigenvalue weighted by Crippen LogP contribution is -1.95. The van der Waals surface area contributed by atoms with Crippen LogP contribution in [0.4, 0.5) is 4.39 Å². The van der Waals surface area contributed by atoms with Crippen LogP contribution in [0.1, 0.15) is 10.5 Å². The Morgan fingerprint density at radius 2 is 2.22 bits per heavy atom. The molecule has 2 N–H and O–H groups in total. The Bertz CT molecular complexity index is 589. The molecule has 0 aliphatic heterocycles. The summed E-state index contributed by atoms with van der Waals surface area (Å²) in [5.41, 5.74) is 0.732. The van der Waals surface area contributed by atoms with Gasteiger partial charge < -0.3 is 9.84 Å². The van der Waals surface area contributed by atoms with Crippen molar-refractivity contribution in [1.82, 2.24) is 10.2 Å². The van der Waals surface area contributed by atoms with Crippen molar-refractivity contribution in [3.63, 3.8) is 0 Å². The first-order valence-corrected chi connectivity index (χ1v) is 5.64. The van der Waals surface area contributed by atoms with Gasteiger partial charge in [-0.25, -0.2) is 9.18 Å². The molecule has 1 heterocycles. The number of methoxy groups -OCH3 is 1. The molecule has 2 rings (SSSR count). The summed E-state index contributed by atoms with van der Waals surface area (Å²) in [7, 11) is 1.36. The molecule has 0 fully saturated rings. The van der Waals surface area contributed by atoms with Gasteiger partial charge in [-0.2, -0.15) is 5.10 Å². The first kappa shape index (κ1) is 12.6. The maximum Gasteiger partial charge on any atom is 0.353 e. The predicted molar refractivity (Wildman–Crippen MR) is 65.2 cm³/mol. The zero-order valence-electron chi connectivity index (χ0n) is 9.20. The molecule has 1 aromatic carbocycles. The number of carboxylic acids is 1. The SMILES string of the molecule is COc1c(F)cc(-c2cc(C(=O)O)[nH]n2)cc1Br. The Morgan fingerprint density at radius 1 is 1.50 bits per heavy atom. The number of halogens is 2. The monoisotopic (exact) mass is 314 g/mol. The molecule has 0 saturated heterocycles. The molecule has 0 saturated carbocycles. The van der Waals surface area contributed by atoms with E-state index in [1.54, 1.807) is 6.07 Å². The zero-order chi connectivity index (χ0) is 13.3. The highest BCUT2D eigenvalue weighted by Crippen LogP contribution is 2.32. The van der Waals surface area contributed by atoms with Crippen molar-refractivity contribution in [3.05, 3.63) is 34.2 Å². The summed E-state index contributed by atoms with van der Waals surface area (Å²) in [6, 6.07) is 4.16. The first-order chi connectivity index (χ1) is 8.52. The minimum absolute atomic E-state index is 0.0580. The maximum absolute atomic E-state index is 13.7. The Kier molecular flexibility index (Phi) is 3.33. The van der Waals surface area contributed by atoms with E-state index in [9.17, 15) is 9.18 Å². The predicted octanol–water partition coefficient (Wildman–Crippen LogP) is 2.69. The average Bonchev–Trinajstić information content (AvgIpc) is 2.77. The van der Waals surface area contributed by atoms with Crippen LogP contribution < -0.4 is 4.74 Å². The Labute approximate surface area is 110 Å². The molecule has 0 unspecified atom stereocenters. The van der Waals surface area contributed by atoms with Gasteiger partial charge in [0.2, 0.25) is 0 Å². The number of rotatable bonds is 3. The van der Waals surface area contributed by atoms with E-state index in [1.165, 1.54) is 19.2 Å². The third kappa shape index (κ3) is 2.21. The van der Waals surface area contributed by atoms with Crippen molar-refractivity contribution in [2.75, 3.05) is 7.11 Å². The van der Waals surface area contributed by atoms with Crippen molar-refractivity contribution in [1.29, 1.82) is 0 Å². The second kappa shape index (κ2) is 4.77. The van der Waals surface area contributed by atoms with E-state index >= 15 is 0 Å². The van der Waals surface area contributed by atoms with Gasteiger partial charge in [-0.3, -0.25) is 5.10 Å². The van der Waals surface area contributed by atoms with E-state index in [4.69, 9.17) is 9.84 Å². The summed E-state index contributed by atoms with van der Waals surface area (Å²) in [6.45, 7) is 0. The molecule has 18 heavy (non-hydrogen) atoms. The lowest BCUT2D eigenvalue weighted by atomic mass is 10.1. The number of aromatic amines is 1. The number of nitrogens with zero attached hydrogens (tertiary/aromatic N) is 1. The number of carbonyl (C=O) groups is 1. The number of aromatic nitrogens is 2. The van der Waals surface area contributed by atoms with Crippen molar-refractivity contribution >= 4 is 21.9 Å². The molecule has 1 aromatic heterocycles. The fraction of sp³-hybridized carbons (Fsp3) is 0.0909. The Morgan fingerprint density at radius 3 is 2.72 bits per heavy atom. The lowest BCUT2D eigenvalue weighted by Gasteiger charge is -2.06. The average molecular weight is 315 g/mol. The topological polar surface area (TPSA) is 75.2 Å². The van der Waals surface area contributed by atoms with E-state index in [-0.39, 0.29) is 11.4 Å². The van der Waals surface area contributed by atoms with Crippen molar-refractivity contribution in [2.24, 2.45) is 0 Å². The fourth-order valence-electron chi connectivity index (χ4n) is 1.48. The Balaban J connectivity index is 2.47. The molecule has 0 aliphatic carbocycles. The largest absolute Gasteiger partial charge is 0.492 e. The van der Waals surface area contributed by atoms with Gasteiger partial charge in [-0.05, 0) is 34.1 Å². The van der Waals surface area contributed by atoms with Crippen LogP contribution in [0.25, 0.3) is 11.3 Å². The van der Waals surface area contributed by atoms with E-state index in [0.717, 1.165) is 0 Å². The van der Waals surface area contributed by atoms with Crippen molar-refractivity contribution in [2.45, 2.75) is 0 Å². The van der Waals surface area contributed by atoms with Gasteiger partial charge in [-0.1, -0.05) is 0 Å². The number of aromatic carboxylic acids is 1. The minimum Gasteiger partial charge on any atom is -0.492 e. The summed E-state index contributed by atoms with van der Waals surface area (Å²) in [4.78, 5) is 10.7. The third-order valence-electron chi connectivity index (χ3n) is 2.31. The van der Waals surface area contributed by atoms with Crippen LogP contribution in [-0.4, -0.2) is 28.4 Å². The van der Waals surface area contributed by atoms with Crippen LogP contribution in [0, 0.1) is 5.82 Å². The molecule has 0 aliphatic rings. The van der Waals surface area contributed by atoms with Crippen LogP contribution in [0.3, 0.4) is 0 Å². The highest BCUT2D eigenvalue weighted by Gasteiger charge is 2.14. The van der Waals surface area contributed by atoms with Crippen LogP contribution in [0.2, 0.25) is 0 Å². The van der Waals surface area contributed by atoms with E-state index in [0.29, 0.717) is 15.7 Å². The third-order valence-corrected chi connectivity index (χ3v) is 2.90. The molecule has 94 valence electrons. The lowest BCUT2D eigenvalue weighted by molar-refractivity contribution is 0.0690. The molecule has 2 aromatic rings. The van der Waals surface area contributed by atoms with Gasteiger partial charge in [-0.15, -0.1) is 0 Å².